The quantitative estimate of drug-likeness (QED) is 0.439. The molecule has 0 bridgehead atoms. The Kier molecular flexibility index (Phi) is 9.45. The number of furan rings is 1. The fourth-order valence-electron chi connectivity index (χ4n) is 5.92. The van der Waals surface area contributed by atoms with Crippen molar-refractivity contribution >= 4 is 5.91 Å². The van der Waals surface area contributed by atoms with E-state index in [0.717, 1.165) is 76.2 Å². The fourth-order valence-corrected chi connectivity index (χ4v) is 5.92. The maximum atomic E-state index is 13.6. The molecule has 2 aliphatic rings. The van der Waals surface area contributed by atoms with Gasteiger partial charge in [0.2, 0.25) is 5.91 Å². The van der Waals surface area contributed by atoms with Crippen LogP contribution in [0.15, 0.2) is 46.9 Å². The molecule has 2 atom stereocenters. The Morgan fingerprint density at radius 3 is 2.40 bits per heavy atom. The number of nitrogens with zero attached hydrogens (tertiary/aromatic N) is 2. The Morgan fingerprint density at radius 2 is 1.77 bits per heavy atom. The molecule has 2 aliphatic heterocycles. The Bertz CT molecular complexity index is 897. The van der Waals surface area contributed by atoms with Crippen LogP contribution in [0.25, 0.3) is 0 Å². The van der Waals surface area contributed by atoms with Crippen LogP contribution in [-0.2, 0) is 16.0 Å². The predicted octanol–water partition coefficient (Wildman–Crippen LogP) is 5.68. The number of piperidine rings is 1. The normalized spacial score (nSPS) is 20.0. The summed E-state index contributed by atoms with van der Waals surface area (Å²) in [6.07, 6.45) is 6.10. The summed E-state index contributed by atoms with van der Waals surface area (Å²) in [7, 11) is 0. The molecule has 4 rings (SSSR count). The van der Waals surface area contributed by atoms with Gasteiger partial charge >= 0.3 is 0 Å². The van der Waals surface area contributed by atoms with E-state index in [9.17, 15) is 4.79 Å². The molecule has 1 aromatic carbocycles. The van der Waals surface area contributed by atoms with Crippen molar-refractivity contribution in [1.29, 1.82) is 0 Å². The Balaban J connectivity index is 1.38. The number of ether oxygens (including phenoxy) is 1. The lowest BCUT2D eigenvalue weighted by Gasteiger charge is -2.42. The molecule has 0 spiro atoms. The van der Waals surface area contributed by atoms with Crippen LogP contribution in [0.3, 0.4) is 0 Å². The molecule has 0 saturated carbocycles. The minimum absolute atomic E-state index is 0.119. The van der Waals surface area contributed by atoms with Crippen molar-refractivity contribution in [3.8, 4) is 0 Å². The molecule has 35 heavy (non-hydrogen) atoms. The molecule has 2 fully saturated rings. The second kappa shape index (κ2) is 12.7. The van der Waals surface area contributed by atoms with Crippen molar-refractivity contribution in [3.05, 3.63) is 59.5 Å². The van der Waals surface area contributed by atoms with Crippen molar-refractivity contribution in [2.45, 2.75) is 71.3 Å². The number of likely N-dealkylation sites (N-methyl/N-ethyl adjacent to an activating group) is 1. The number of carbonyl (C=O) groups is 1. The van der Waals surface area contributed by atoms with Gasteiger partial charge in [0, 0.05) is 37.6 Å². The summed E-state index contributed by atoms with van der Waals surface area (Å²) in [5.41, 5.74) is 1.33. The standard InChI is InChI=1S/C30H44N2O3/c1-4-32(30(33)27-15-20-34-21-16-27)28(22-25-8-6-5-7-9-25)26-13-18-31(19-14-26)17-12-23(2)29-11-10-24(3)35-29/h5-11,23,26-28H,4,12-22H2,1-3H3. The van der Waals surface area contributed by atoms with Gasteiger partial charge in [-0.2, -0.15) is 0 Å². The summed E-state index contributed by atoms with van der Waals surface area (Å²) in [5.74, 6) is 3.55. The monoisotopic (exact) mass is 480 g/mol. The van der Waals surface area contributed by atoms with Gasteiger partial charge in [-0.3, -0.25) is 4.79 Å². The SMILES string of the molecule is CCN(C(=O)C1CCOCC1)C(Cc1ccccc1)C1CCN(CCC(C)c2ccc(C)o2)CC1. The van der Waals surface area contributed by atoms with Crippen LogP contribution in [0.4, 0.5) is 0 Å². The first kappa shape index (κ1) is 26.0. The number of hydrogen-bond acceptors (Lipinski definition) is 4. The third kappa shape index (κ3) is 6.98. The Hall–Kier alpha value is -2.11. The molecule has 0 aliphatic carbocycles. The smallest absolute Gasteiger partial charge is 0.226 e. The minimum Gasteiger partial charge on any atom is -0.466 e. The zero-order valence-electron chi connectivity index (χ0n) is 22.0. The minimum atomic E-state index is 0.119. The molecule has 5 nitrogen and oxygen atoms in total. The van der Waals surface area contributed by atoms with Gasteiger partial charge in [-0.25, -0.2) is 0 Å². The number of carbonyl (C=O) groups excluding carboxylic acids is 1. The molecule has 2 saturated heterocycles. The van der Waals surface area contributed by atoms with Gasteiger partial charge in [-0.1, -0.05) is 37.3 Å². The van der Waals surface area contributed by atoms with E-state index < -0.39 is 0 Å². The Morgan fingerprint density at radius 1 is 1.06 bits per heavy atom. The van der Waals surface area contributed by atoms with Crippen LogP contribution in [0.5, 0.6) is 0 Å². The van der Waals surface area contributed by atoms with Crippen LogP contribution < -0.4 is 0 Å². The molecular weight excluding hydrogens is 436 g/mol. The topological polar surface area (TPSA) is 45.9 Å². The van der Waals surface area contributed by atoms with Crippen molar-refractivity contribution in [3.63, 3.8) is 0 Å². The molecule has 2 unspecified atom stereocenters. The van der Waals surface area contributed by atoms with Gasteiger partial charge in [0.1, 0.15) is 11.5 Å². The van der Waals surface area contributed by atoms with Gasteiger partial charge in [0.15, 0.2) is 0 Å². The molecule has 0 N–H and O–H groups in total. The third-order valence-electron chi connectivity index (χ3n) is 8.18. The molecule has 3 heterocycles. The highest BCUT2D eigenvalue weighted by molar-refractivity contribution is 5.79. The van der Waals surface area contributed by atoms with E-state index in [-0.39, 0.29) is 12.0 Å². The first-order valence-corrected chi connectivity index (χ1v) is 13.8. The molecule has 0 radical (unpaired) electrons. The van der Waals surface area contributed by atoms with Gasteiger partial charge in [-0.05, 0) is 95.6 Å². The number of likely N-dealkylation sites (tertiary alicyclic amines) is 1. The summed E-state index contributed by atoms with van der Waals surface area (Å²) in [4.78, 5) is 18.5. The van der Waals surface area contributed by atoms with Gasteiger partial charge in [0.25, 0.3) is 0 Å². The highest BCUT2D eigenvalue weighted by atomic mass is 16.5. The molecule has 2 aromatic rings. The third-order valence-corrected chi connectivity index (χ3v) is 8.18. The number of aryl methyl sites for hydroxylation is 1. The first-order chi connectivity index (χ1) is 17.0. The lowest BCUT2D eigenvalue weighted by Crippen LogP contribution is -2.51. The zero-order valence-corrected chi connectivity index (χ0v) is 22.0. The van der Waals surface area contributed by atoms with Crippen LogP contribution >= 0.6 is 0 Å². The van der Waals surface area contributed by atoms with Crippen LogP contribution in [0.2, 0.25) is 0 Å². The molecular formula is C30H44N2O3. The van der Waals surface area contributed by atoms with Crippen LogP contribution in [0, 0.1) is 18.8 Å². The number of amides is 1. The molecule has 192 valence electrons. The lowest BCUT2D eigenvalue weighted by molar-refractivity contribution is -0.142. The number of benzene rings is 1. The van der Waals surface area contributed by atoms with Crippen LogP contribution in [0.1, 0.15) is 69.0 Å². The molecule has 5 heteroatoms. The predicted molar refractivity (Wildman–Crippen MR) is 141 cm³/mol. The van der Waals surface area contributed by atoms with Crippen molar-refractivity contribution in [1.82, 2.24) is 9.80 Å². The number of hydrogen-bond donors (Lipinski definition) is 0. The second-order valence-corrected chi connectivity index (χ2v) is 10.6. The van der Waals surface area contributed by atoms with Gasteiger partial charge in [0.05, 0.1) is 0 Å². The van der Waals surface area contributed by atoms with Crippen molar-refractivity contribution in [2.75, 3.05) is 39.4 Å². The average molecular weight is 481 g/mol. The summed E-state index contributed by atoms with van der Waals surface area (Å²) in [6, 6.07) is 15.2. The van der Waals surface area contributed by atoms with E-state index in [1.54, 1.807) is 0 Å². The van der Waals surface area contributed by atoms with E-state index in [1.165, 1.54) is 5.56 Å². The van der Waals surface area contributed by atoms with E-state index in [4.69, 9.17) is 9.15 Å². The molecule has 1 aromatic heterocycles. The zero-order chi connectivity index (χ0) is 24.6. The van der Waals surface area contributed by atoms with E-state index in [1.807, 2.05) is 6.92 Å². The summed E-state index contributed by atoms with van der Waals surface area (Å²) in [5, 5.41) is 0. The maximum Gasteiger partial charge on any atom is 0.226 e. The van der Waals surface area contributed by atoms with Gasteiger partial charge < -0.3 is 19.0 Å². The summed E-state index contributed by atoms with van der Waals surface area (Å²) >= 11 is 0. The summed E-state index contributed by atoms with van der Waals surface area (Å²) < 4.78 is 11.4. The highest BCUT2D eigenvalue weighted by Crippen LogP contribution is 2.30. The molecule has 1 amide bonds. The number of rotatable bonds is 10. The lowest BCUT2D eigenvalue weighted by atomic mass is 9.83. The average Bonchev–Trinajstić information content (AvgIpc) is 3.35. The largest absolute Gasteiger partial charge is 0.466 e. The van der Waals surface area contributed by atoms with E-state index in [2.05, 4.69) is 66.1 Å². The van der Waals surface area contributed by atoms with E-state index in [0.29, 0.717) is 31.0 Å². The fraction of sp³-hybridized carbons (Fsp3) is 0.633. The van der Waals surface area contributed by atoms with E-state index >= 15 is 0 Å². The first-order valence-electron chi connectivity index (χ1n) is 13.8. The van der Waals surface area contributed by atoms with Crippen molar-refractivity contribution in [2.24, 2.45) is 11.8 Å². The maximum absolute atomic E-state index is 13.6. The summed E-state index contributed by atoms with van der Waals surface area (Å²) in [6.45, 7) is 12.0. The highest BCUT2D eigenvalue weighted by Gasteiger charge is 2.35. The van der Waals surface area contributed by atoms with Crippen LogP contribution in [-0.4, -0.2) is 61.1 Å². The van der Waals surface area contributed by atoms with Crippen molar-refractivity contribution < 1.29 is 13.9 Å². The second-order valence-electron chi connectivity index (χ2n) is 10.6. The Labute approximate surface area is 211 Å². The van der Waals surface area contributed by atoms with Gasteiger partial charge in [-0.15, -0.1) is 0 Å².